The van der Waals surface area contributed by atoms with Crippen LogP contribution in [0.3, 0.4) is 0 Å². The zero-order valence-corrected chi connectivity index (χ0v) is 15.9. The number of rotatable bonds is 5. The van der Waals surface area contributed by atoms with Crippen LogP contribution in [-0.4, -0.2) is 40.9 Å². The molecule has 5 rings (SSSR count). The summed E-state index contributed by atoms with van der Waals surface area (Å²) >= 11 is 1.29. The summed E-state index contributed by atoms with van der Waals surface area (Å²) < 4.78 is 16.0. The first-order chi connectivity index (χ1) is 13.9. The van der Waals surface area contributed by atoms with Crippen molar-refractivity contribution in [3.05, 3.63) is 41.7 Å². The van der Waals surface area contributed by atoms with E-state index in [0.29, 0.717) is 50.6 Å². The molecule has 29 heavy (non-hydrogen) atoms. The number of carboxylic acids is 1. The lowest BCUT2D eigenvalue weighted by Crippen LogP contribution is -2.33. The summed E-state index contributed by atoms with van der Waals surface area (Å²) in [4.78, 5) is 23.1. The van der Waals surface area contributed by atoms with Crippen LogP contribution in [0.4, 0.5) is 4.39 Å². The van der Waals surface area contributed by atoms with Crippen molar-refractivity contribution in [1.82, 2.24) is 24.7 Å². The summed E-state index contributed by atoms with van der Waals surface area (Å²) in [5, 5.41) is 24.6. The van der Waals surface area contributed by atoms with Crippen molar-refractivity contribution >= 4 is 28.3 Å². The summed E-state index contributed by atoms with van der Waals surface area (Å²) in [7, 11) is 0. The van der Waals surface area contributed by atoms with Gasteiger partial charge in [0.1, 0.15) is 22.8 Å². The minimum atomic E-state index is -0.989. The Labute approximate surface area is 167 Å². The van der Waals surface area contributed by atoms with Gasteiger partial charge in [0.2, 0.25) is 0 Å². The maximum atomic E-state index is 14.7. The maximum absolute atomic E-state index is 14.7. The molecule has 4 heterocycles. The molecule has 0 unspecified atom stereocenters. The molecule has 1 aliphatic rings. The Morgan fingerprint density at radius 1 is 1.31 bits per heavy atom. The number of carboxylic acid groups (broad SMARTS) is 1. The van der Waals surface area contributed by atoms with Crippen molar-refractivity contribution < 1.29 is 19.4 Å². The number of pyridine rings is 1. The van der Waals surface area contributed by atoms with Crippen LogP contribution in [0.5, 0.6) is 0 Å². The first-order valence-electron chi connectivity index (χ1n) is 9.04. The van der Waals surface area contributed by atoms with Gasteiger partial charge in [-0.1, -0.05) is 0 Å². The number of nitrogens with zero attached hydrogens (tertiary/aromatic N) is 4. The molecule has 4 aromatic heterocycles. The standard InChI is InChI=1S/C19H16FN5O3S/c20-12-6-21-17-11(4-13(24-17)10-5-23-25(8-10)9-15(26)27)16(12)14-7-22-18(29-14)19(28)2-1-3-19/h4-8,28H,1-3,9H2,(H,21,24)(H,26,27). The van der Waals surface area contributed by atoms with E-state index in [-0.39, 0.29) is 6.54 Å². The number of hydrogen-bond acceptors (Lipinski definition) is 6. The molecule has 4 aromatic rings. The number of H-pyrrole nitrogens is 1. The predicted molar refractivity (Wildman–Crippen MR) is 104 cm³/mol. The summed E-state index contributed by atoms with van der Waals surface area (Å²) in [6.07, 6.45) is 8.18. The second-order valence-corrected chi connectivity index (χ2v) is 8.19. The molecule has 0 aromatic carbocycles. The van der Waals surface area contributed by atoms with E-state index in [0.717, 1.165) is 12.6 Å². The minimum Gasteiger partial charge on any atom is -0.480 e. The molecule has 148 valence electrons. The second-order valence-electron chi connectivity index (χ2n) is 7.16. The van der Waals surface area contributed by atoms with Crippen molar-refractivity contribution in [2.45, 2.75) is 31.4 Å². The third-order valence-corrected chi connectivity index (χ3v) is 6.39. The normalized spacial score (nSPS) is 15.5. The Kier molecular flexibility index (Phi) is 4.00. The fourth-order valence-electron chi connectivity index (χ4n) is 3.51. The minimum absolute atomic E-state index is 0.245. The number of aromatic amines is 1. The van der Waals surface area contributed by atoms with Crippen LogP contribution in [0.2, 0.25) is 0 Å². The Morgan fingerprint density at radius 2 is 2.14 bits per heavy atom. The van der Waals surface area contributed by atoms with Gasteiger partial charge in [0, 0.05) is 28.9 Å². The average molecular weight is 413 g/mol. The van der Waals surface area contributed by atoms with E-state index in [2.05, 4.69) is 20.1 Å². The van der Waals surface area contributed by atoms with E-state index in [1.807, 2.05) is 0 Å². The summed E-state index contributed by atoms with van der Waals surface area (Å²) in [6, 6.07) is 1.76. The lowest BCUT2D eigenvalue weighted by molar-refractivity contribution is -0.137. The van der Waals surface area contributed by atoms with Gasteiger partial charge < -0.3 is 15.2 Å². The average Bonchev–Trinajstić information content (AvgIpc) is 3.38. The van der Waals surface area contributed by atoms with Crippen LogP contribution in [0, 0.1) is 5.82 Å². The van der Waals surface area contributed by atoms with Crippen molar-refractivity contribution in [3.8, 4) is 21.7 Å². The molecule has 0 saturated heterocycles. The first-order valence-corrected chi connectivity index (χ1v) is 9.85. The predicted octanol–water partition coefficient (Wildman–Crippen LogP) is 3.15. The number of thiazole rings is 1. The Balaban J connectivity index is 1.57. The highest BCUT2D eigenvalue weighted by molar-refractivity contribution is 7.15. The number of aliphatic hydroxyl groups is 1. The number of aliphatic carboxylic acids is 1. The van der Waals surface area contributed by atoms with Gasteiger partial charge in [0.25, 0.3) is 0 Å². The lowest BCUT2D eigenvalue weighted by atomic mass is 9.81. The molecule has 10 heteroatoms. The second kappa shape index (κ2) is 6.46. The van der Waals surface area contributed by atoms with Gasteiger partial charge in [-0.15, -0.1) is 11.3 Å². The van der Waals surface area contributed by atoms with E-state index < -0.39 is 17.4 Å². The topological polar surface area (TPSA) is 117 Å². The van der Waals surface area contributed by atoms with Crippen LogP contribution in [0.25, 0.3) is 32.7 Å². The van der Waals surface area contributed by atoms with Crippen LogP contribution in [-0.2, 0) is 16.9 Å². The molecule has 3 N–H and O–H groups in total. The van der Waals surface area contributed by atoms with Crippen LogP contribution >= 0.6 is 11.3 Å². The molecule has 0 bridgehead atoms. The third-order valence-electron chi connectivity index (χ3n) is 5.18. The number of halogens is 1. The summed E-state index contributed by atoms with van der Waals surface area (Å²) in [5.41, 5.74) is 1.30. The number of nitrogens with one attached hydrogen (secondary N) is 1. The van der Waals surface area contributed by atoms with Crippen LogP contribution in [0.1, 0.15) is 24.3 Å². The summed E-state index contributed by atoms with van der Waals surface area (Å²) in [5.74, 6) is -1.46. The fourth-order valence-corrected chi connectivity index (χ4v) is 4.64. The molecule has 1 aliphatic carbocycles. The van der Waals surface area contributed by atoms with Gasteiger partial charge in [-0.3, -0.25) is 9.48 Å². The van der Waals surface area contributed by atoms with Crippen molar-refractivity contribution in [1.29, 1.82) is 0 Å². The van der Waals surface area contributed by atoms with Gasteiger partial charge >= 0.3 is 5.97 Å². The summed E-state index contributed by atoms with van der Waals surface area (Å²) in [6.45, 7) is -0.245. The maximum Gasteiger partial charge on any atom is 0.325 e. The zero-order valence-electron chi connectivity index (χ0n) is 15.1. The Hall–Kier alpha value is -3.11. The molecule has 8 nitrogen and oxygen atoms in total. The van der Waals surface area contributed by atoms with Crippen molar-refractivity contribution in [2.75, 3.05) is 0 Å². The number of carbonyl (C=O) groups is 1. The Morgan fingerprint density at radius 3 is 2.86 bits per heavy atom. The quantitative estimate of drug-likeness (QED) is 0.463. The highest BCUT2D eigenvalue weighted by Crippen LogP contribution is 2.45. The highest BCUT2D eigenvalue weighted by atomic mass is 32.1. The third kappa shape index (κ3) is 3.00. The molecule has 1 saturated carbocycles. The molecular weight excluding hydrogens is 397 g/mol. The molecule has 0 aliphatic heterocycles. The molecule has 0 atom stereocenters. The van der Waals surface area contributed by atoms with Gasteiger partial charge in [-0.05, 0) is 25.3 Å². The van der Waals surface area contributed by atoms with Gasteiger partial charge in [0.05, 0.1) is 23.0 Å². The van der Waals surface area contributed by atoms with E-state index in [9.17, 15) is 14.3 Å². The van der Waals surface area contributed by atoms with E-state index in [4.69, 9.17) is 5.11 Å². The van der Waals surface area contributed by atoms with Gasteiger partial charge in [0.15, 0.2) is 5.82 Å². The molecular formula is C19H16FN5O3S. The van der Waals surface area contributed by atoms with Gasteiger partial charge in [-0.2, -0.15) is 5.10 Å². The fraction of sp³-hybridized carbons (Fsp3) is 0.263. The highest BCUT2D eigenvalue weighted by Gasteiger charge is 2.39. The number of hydrogen-bond donors (Lipinski definition) is 3. The number of aromatic nitrogens is 5. The van der Waals surface area contributed by atoms with E-state index in [1.165, 1.54) is 16.0 Å². The largest absolute Gasteiger partial charge is 0.480 e. The molecule has 0 radical (unpaired) electrons. The van der Waals surface area contributed by atoms with Gasteiger partial charge in [-0.25, -0.2) is 14.4 Å². The number of fused-ring (bicyclic) bond motifs is 1. The Bertz CT molecular complexity index is 1240. The smallest absolute Gasteiger partial charge is 0.325 e. The van der Waals surface area contributed by atoms with E-state index >= 15 is 0 Å². The lowest BCUT2D eigenvalue weighted by Gasteiger charge is -2.34. The van der Waals surface area contributed by atoms with E-state index in [1.54, 1.807) is 24.7 Å². The molecule has 1 fully saturated rings. The SMILES string of the molecule is O=C(O)Cn1cc(-c2cc3c(-c4cnc(C5(O)CCC5)s4)c(F)cnc3[nH]2)cn1. The van der Waals surface area contributed by atoms with Crippen LogP contribution in [0.15, 0.2) is 30.9 Å². The van der Waals surface area contributed by atoms with Crippen LogP contribution < -0.4 is 0 Å². The molecule has 0 amide bonds. The first kappa shape index (κ1) is 18.0. The monoisotopic (exact) mass is 413 g/mol. The van der Waals surface area contributed by atoms with Crippen molar-refractivity contribution in [2.24, 2.45) is 0 Å². The molecule has 0 spiro atoms. The zero-order chi connectivity index (χ0) is 20.2. The van der Waals surface area contributed by atoms with Crippen molar-refractivity contribution in [3.63, 3.8) is 0 Å².